The van der Waals surface area contributed by atoms with Crippen LogP contribution in [0.1, 0.15) is 44.2 Å². The third-order valence-electron chi connectivity index (χ3n) is 5.08. The van der Waals surface area contributed by atoms with E-state index in [9.17, 15) is 4.79 Å². The van der Waals surface area contributed by atoms with Gasteiger partial charge in [0, 0.05) is 12.3 Å². The summed E-state index contributed by atoms with van der Waals surface area (Å²) in [6.07, 6.45) is 3.01. The van der Waals surface area contributed by atoms with E-state index in [4.69, 9.17) is 9.47 Å². The maximum absolute atomic E-state index is 12.9. The van der Waals surface area contributed by atoms with E-state index in [2.05, 4.69) is 12.2 Å². The van der Waals surface area contributed by atoms with E-state index in [1.165, 1.54) is 0 Å². The molecule has 1 aliphatic rings. The van der Waals surface area contributed by atoms with Crippen molar-refractivity contribution in [1.82, 2.24) is 0 Å². The average molecular weight is 367 g/mol. The predicted molar refractivity (Wildman–Crippen MR) is 108 cm³/mol. The van der Waals surface area contributed by atoms with Crippen LogP contribution in [0, 0.1) is 12.8 Å². The molecule has 1 saturated carbocycles. The molecule has 0 saturated heterocycles. The molecular formula is C23H29NO3. The van der Waals surface area contributed by atoms with Crippen molar-refractivity contribution in [2.45, 2.75) is 52.2 Å². The van der Waals surface area contributed by atoms with Crippen LogP contribution >= 0.6 is 0 Å². The van der Waals surface area contributed by atoms with Crippen LogP contribution in [0.4, 0.5) is 5.69 Å². The van der Waals surface area contributed by atoms with Gasteiger partial charge in [-0.15, -0.1) is 0 Å². The van der Waals surface area contributed by atoms with Crippen LogP contribution < -0.4 is 10.1 Å². The van der Waals surface area contributed by atoms with Crippen molar-refractivity contribution in [2.24, 2.45) is 5.92 Å². The Morgan fingerprint density at radius 1 is 1.19 bits per heavy atom. The van der Waals surface area contributed by atoms with E-state index in [1.54, 1.807) is 0 Å². The van der Waals surface area contributed by atoms with Crippen molar-refractivity contribution in [3.8, 4) is 5.75 Å². The zero-order valence-corrected chi connectivity index (χ0v) is 16.5. The number of anilines is 1. The highest BCUT2D eigenvalue weighted by Gasteiger charge is 2.48. The van der Waals surface area contributed by atoms with Crippen molar-refractivity contribution in [3.63, 3.8) is 0 Å². The first kappa shape index (κ1) is 19.4. The van der Waals surface area contributed by atoms with Gasteiger partial charge in [-0.1, -0.05) is 37.3 Å². The zero-order chi connectivity index (χ0) is 19.3. The molecule has 2 aromatic rings. The van der Waals surface area contributed by atoms with Gasteiger partial charge in [0.1, 0.15) is 18.0 Å². The lowest BCUT2D eigenvalue weighted by Crippen LogP contribution is -2.45. The SMILES string of the molecule is CCCO[C@@](C)(C(=O)Nc1ccc(OCc2ccccc2)c(C)c1)C1CC1. The molecule has 0 heterocycles. The lowest BCUT2D eigenvalue weighted by molar-refractivity contribution is -0.142. The summed E-state index contributed by atoms with van der Waals surface area (Å²) in [4.78, 5) is 12.9. The second-order valence-corrected chi connectivity index (χ2v) is 7.44. The summed E-state index contributed by atoms with van der Waals surface area (Å²) in [5.41, 5.74) is 2.15. The molecule has 3 rings (SSSR count). The summed E-state index contributed by atoms with van der Waals surface area (Å²) in [6, 6.07) is 15.8. The fourth-order valence-electron chi connectivity index (χ4n) is 3.20. The summed E-state index contributed by atoms with van der Waals surface area (Å²) < 4.78 is 11.9. The average Bonchev–Trinajstić information content (AvgIpc) is 3.52. The van der Waals surface area contributed by atoms with Gasteiger partial charge in [-0.25, -0.2) is 0 Å². The Balaban J connectivity index is 1.63. The van der Waals surface area contributed by atoms with E-state index in [-0.39, 0.29) is 5.91 Å². The third kappa shape index (κ3) is 4.89. The zero-order valence-electron chi connectivity index (χ0n) is 16.5. The lowest BCUT2D eigenvalue weighted by Gasteiger charge is -2.28. The third-order valence-corrected chi connectivity index (χ3v) is 5.08. The second-order valence-electron chi connectivity index (χ2n) is 7.44. The summed E-state index contributed by atoms with van der Waals surface area (Å²) in [6.45, 7) is 7.09. The molecule has 27 heavy (non-hydrogen) atoms. The first-order valence-corrected chi connectivity index (χ1v) is 9.75. The van der Waals surface area contributed by atoms with Gasteiger partial charge >= 0.3 is 0 Å². The van der Waals surface area contributed by atoms with Crippen LogP contribution in [0.25, 0.3) is 0 Å². The molecule has 2 aromatic carbocycles. The standard InChI is InChI=1S/C23H29NO3/c1-4-14-27-23(3,19-10-11-19)22(25)24-20-12-13-21(17(2)15-20)26-16-18-8-6-5-7-9-18/h5-9,12-13,15,19H,4,10-11,14,16H2,1-3H3,(H,24,25)/t23-/m1/s1. The quantitative estimate of drug-likeness (QED) is 0.670. The number of hydrogen-bond donors (Lipinski definition) is 1. The summed E-state index contributed by atoms with van der Waals surface area (Å²) in [5, 5.41) is 3.04. The Hall–Kier alpha value is -2.33. The second kappa shape index (κ2) is 8.57. The molecule has 1 amide bonds. The van der Waals surface area contributed by atoms with Crippen LogP contribution in [-0.2, 0) is 16.1 Å². The van der Waals surface area contributed by atoms with Crippen molar-refractivity contribution in [3.05, 3.63) is 59.7 Å². The van der Waals surface area contributed by atoms with E-state index in [0.717, 1.165) is 41.8 Å². The molecule has 0 unspecified atom stereocenters. The van der Waals surface area contributed by atoms with Gasteiger partial charge in [0.2, 0.25) is 0 Å². The maximum atomic E-state index is 12.9. The van der Waals surface area contributed by atoms with Crippen molar-refractivity contribution in [2.75, 3.05) is 11.9 Å². The van der Waals surface area contributed by atoms with Crippen LogP contribution in [0.3, 0.4) is 0 Å². The van der Waals surface area contributed by atoms with Crippen LogP contribution in [0.2, 0.25) is 0 Å². The topological polar surface area (TPSA) is 47.6 Å². The fourth-order valence-corrected chi connectivity index (χ4v) is 3.20. The predicted octanol–water partition coefficient (Wildman–Crippen LogP) is 5.11. The number of carbonyl (C=O) groups excluding carboxylic acids is 1. The Kier molecular flexibility index (Phi) is 6.17. The molecule has 1 N–H and O–H groups in total. The van der Waals surface area contributed by atoms with Gasteiger partial charge < -0.3 is 14.8 Å². The Bertz CT molecular complexity index is 770. The smallest absolute Gasteiger partial charge is 0.256 e. The Morgan fingerprint density at radius 2 is 1.93 bits per heavy atom. The normalized spacial score (nSPS) is 15.8. The first-order chi connectivity index (χ1) is 13.0. The van der Waals surface area contributed by atoms with Crippen molar-refractivity contribution < 1.29 is 14.3 Å². The van der Waals surface area contributed by atoms with Crippen LogP contribution in [0.15, 0.2) is 48.5 Å². The van der Waals surface area contributed by atoms with Gasteiger partial charge in [-0.2, -0.15) is 0 Å². The number of rotatable bonds is 9. The van der Waals surface area contributed by atoms with Gasteiger partial charge in [0.25, 0.3) is 5.91 Å². The number of nitrogens with one attached hydrogen (secondary N) is 1. The monoisotopic (exact) mass is 367 g/mol. The molecular weight excluding hydrogens is 338 g/mol. The number of amides is 1. The van der Waals surface area contributed by atoms with E-state index < -0.39 is 5.60 Å². The van der Waals surface area contributed by atoms with Crippen molar-refractivity contribution >= 4 is 11.6 Å². The molecule has 0 radical (unpaired) electrons. The summed E-state index contributed by atoms with van der Waals surface area (Å²) in [5.74, 6) is 1.08. The Labute approximate surface area is 161 Å². The Morgan fingerprint density at radius 3 is 2.56 bits per heavy atom. The van der Waals surface area contributed by atoms with E-state index in [1.807, 2.05) is 62.4 Å². The molecule has 0 aliphatic heterocycles. The van der Waals surface area contributed by atoms with Crippen LogP contribution in [0.5, 0.6) is 5.75 Å². The largest absolute Gasteiger partial charge is 0.489 e. The highest BCUT2D eigenvalue weighted by atomic mass is 16.5. The molecule has 4 heteroatoms. The van der Waals surface area contributed by atoms with E-state index >= 15 is 0 Å². The number of hydrogen-bond acceptors (Lipinski definition) is 3. The summed E-state index contributed by atoms with van der Waals surface area (Å²) in [7, 11) is 0. The minimum absolute atomic E-state index is 0.0594. The van der Waals surface area contributed by atoms with Gasteiger partial charge in [0.05, 0.1) is 0 Å². The molecule has 1 atom stereocenters. The highest BCUT2D eigenvalue weighted by Crippen LogP contribution is 2.42. The number of benzene rings is 2. The molecule has 1 aliphatic carbocycles. The van der Waals surface area contributed by atoms with E-state index in [0.29, 0.717) is 19.1 Å². The fraction of sp³-hybridized carbons (Fsp3) is 0.435. The maximum Gasteiger partial charge on any atom is 0.256 e. The highest BCUT2D eigenvalue weighted by molar-refractivity contribution is 5.97. The molecule has 0 aromatic heterocycles. The lowest BCUT2D eigenvalue weighted by atomic mass is 9.98. The first-order valence-electron chi connectivity index (χ1n) is 9.75. The summed E-state index contributed by atoms with van der Waals surface area (Å²) >= 11 is 0. The van der Waals surface area contributed by atoms with Gasteiger partial charge in [0.15, 0.2) is 0 Å². The number of ether oxygens (including phenoxy) is 2. The molecule has 0 bridgehead atoms. The molecule has 0 spiro atoms. The minimum Gasteiger partial charge on any atom is -0.489 e. The molecule has 1 fully saturated rings. The molecule has 4 nitrogen and oxygen atoms in total. The minimum atomic E-state index is -0.744. The van der Waals surface area contributed by atoms with Gasteiger partial charge in [-0.3, -0.25) is 4.79 Å². The van der Waals surface area contributed by atoms with Crippen molar-refractivity contribution in [1.29, 1.82) is 0 Å². The van der Waals surface area contributed by atoms with Crippen LogP contribution in [-0.4, -0.2) is 18.1 Å². The number of aryl methyl sites for hydroxylation is 1. The van der Waals surface area contributed by atoms with Gasteiger partial charge in [-0.05, 0) is 68.4 Å². The molecule has 144 valence electrons. The number of carbonyl (C=O) groups is 1.